The van der Waals surface area contributed by atoms with Crippen molar-refractivity contribution in [2.24, 2.45) is 0 Å². The second kappa shape index (κ2) is 9.53. The first-order valence-electron chi connectivity index (χ1n) is 8.95. The summed E-state index contributed by atoms with van der Waals surface area (Å²) in [6.07, 6.45) is 2.93. The molecular weight excluding hydrogens is 427 g/mol. The SMILES string of the molecule is CCOC(=O)/C=c1\s/c(=C/c2ccc(C#N)cc2)c(=O)n1Cc1ccc(F)cc1Cl. The summed E-state index contributed by atoms with van der Waals surface area (Å²) in [4.78, 5) is 25.0. The summed E-state index contributed by atoms with van der Waals surface area (Å²) in [6.45, 7) is 1.97. The van der Waals surface area contributed by atoms with Crippen LogP contribution in [0.3, 0.4) is 0 Å². The number of carbonyl (C=O) groups is 1. The summed E-state index contributed by atoms with van der Waals surface area (Å²) in [6, 6.07) is 12.7. The highest BCUT2D eigenvalue weighted by molar-refractivity contribution is 7.07. The molecular formula is C22H16ClFN2O3S. The fourth-order valence-electron chi connectivity index (χ4n) is 2.70. The number of benzene rings is 2. The molecule has 0 unspecified atom stereocenters. The molecule has 0 radical (unpaired) electrons. The standard InChI is InChI=1S/C22H16ClFN2O3S/c1-2-29-21(27)11-20-26(13-16-7-8-17(24)10-18(16)23)22(28)19(30-20)9-14-3-5-15(12-25)6-4-14/h3-11H,2,13H2,1H3/b19-9+,20-11-. The van der Waals surface area contributed by atoms with Gasteiger partial charge in [0.15, 0.2) is 0 Å². The van der Waals surface area contributed by atoms with Crippen molar-refractivity contribution in [2.75, 3.05) is 6.61 Å². The van der Waals surface area contributed by atoms with Crippen molar-refractivity contribution in [3.05, 3.63) is 89.5 Å². The normalized spacial score (nSPS) is 12.1. The van der Waals surface area contributed by atoms with Gasteiger partial charge in [0, 0.05) is 5.02 Å². The summed E-state index contributed by atoms with van der Waals surface area (Å²) >= 11 is 7.25. The Kier molecular flexibility index (Phi) is 6.83. The second-order valence-electron chi connectivity index (χ2n) is 6.21. The number of nitriles is 1. The molecule has 152 valence electrons. The van der Waals surface area contributed by atoms with E-state index >= 15 is 0 Å². The van der Waals surface area contributed by atoms with Gasteiger partial charge in [-0.3, -0.25) is 9.36 Å². The molecule has 1 aromatic heterocycles. The van der Waals surface area contributed by atoms with Gasteiger partial charge < -0.3 is 4.74 Å². The lowest BCUT2D eigenvalue weighted by Gasteiger charge is -2.05. The Hall–Kier alpha value is -3.21. The van der Waals surface area contributed by atoms with Crippen LogP contribution in [0, 0.1) is 17.1 Å². The van der Waals surface area contributed by atoms with Gasteiger partial charge in [-0.25, -0.2) is 9.18 Å². The average Bonchev–Trinajstić information content (AvgIpc) is 2.99. The molecule has 0 N–H and O–H groups in total. The van der Waals surface area contributed by atoms with E-state index in [4.69, 9.17) is 21.6 Å². The number of aromatic nitrogens is 1. The van der Waals surface area contributed by atoms with E-state index in [0.29, 0.717) is 20.3 Å². The molecule has 0 saturated heterocycles. The van der Waals surface area contributed by atoms with Crippen LogP contribution in [0.25, 0.3) is 12.2 Å². The molecule has 0 bridgehead atoms. The number of halogens is 2. The molecule has 0 atom stereocenters. The highest BCUT2D eigenvalue weighted by Crippen LogP contribution is 2.17. The Morgan fingerprint density at radius 1 is 1.30 bits per heavy atom. The molecule has 30 heavy (non-hydrogen) atoms. The smallest absolute Gasteiger partial charge is 0.333 e. The molecule has 5 nitrogen and oxygen atoms in total. The van der Waals surface area contributed by atoms with Crippen LogP contribution in [0.1, 0.15) is 23.6 Å². The van der Waals surface area contributed by atoms with Gasteiger partial charge in [0.05, 0.1) is 35.4 Å². The molecule has 3 rings (SSSR count). The fraction of sp³-hybridized carbons (Fsp3) is 0.136. The Balaban J connectivity index is 2.13. The Morgan fingerprint density at radius 3 is 2.67 bits per heavy atom. The third-order valence-corrected chi connectivity index (χ3v) is 5.56. The highest BCUT2D eigenvalue weighted by Gasteiger charge is 2.10. The van der Waals surface area contributed by atoms with Crippen LogP contribution in [0.15, 0.2) is 47.3 Å². The predicted octanol–water partition coefficient (Wildman–Crippen LogP) is 2.79. The van der Waals surface area contributed by atoms with Gasteiger partial charge >= 0.3 is 5.97 Å². The predicted molar refractivity (Wildman–Crippen MR) is 114 cm³/mol. The van der Waals surface area contributed by atoms with Gasteiger partial charge in [-0.2, -0.15) is 5.26 Å². The van der Waals surface area contributed by atoms with Crippen molar-refractivity contribution in [3.63, 3.8) is 0 Å². The average molecular weight is 443 g/mol. The molecule has 3 aromatic rings. The van der Waals surface area contributed by atoms with Gasteiger partial charge in [0.1, 0.15) is 10.5 Å². The minimum absolute atomic E-state index is 0.0703. The minimum Gasteiger partial charge on any atom is -0.463 e. The number of hydrogen-bond donors (Lipinski definition) is 0. The van der Waals surface area contributed by atoms with E-state index in [1.807, 2.05) is 6.07 Å². The first kappa shape index (κ1) is 21.5. The molecule has 0 aliphatic carbocycles. The third kappa shape index (κ3) is 5.03. The highest BCUT2D eigenvalue weighted by atomic mass is 35.5. The Morgan fingerprint density at radius 2 is 2.03 bits per heavy atom. The molecule has 0 aliphatic rings. The van der Waals surface area contributed by atoms with Gasteiger partial charge in [-0.15, -0.1) is 11.3 Å². The monoisotopic (exact) mass is 442 g/mol. The van der Waals surface area contributed by atoms with Crippen LogP contribution < -0.4 is 14.8 Å². The van der Waals surface area contributed by atoms with E-state index in [-0.39, 0.29) is 23.7 Å². The molecule has 2 aromatic carbocycles. The van der Waals surface area contributed by atoms with Crippen molar-refractivity contribution in [2.45, 2.75) is 13.5 Å². The Bertz CT molecular complexity index is 1300. The third-order valence-electron chi connectivity index (χ3n) is 4.15. The van der Waals surface area contributed by atoms with Crippen LogP contribution in [-0.4, -0.2) is 17.1 Å². The van der Waals surface area contributed by atoms with Crippen LogP contribution in [0.4, 0.5) is 4.39 Å². The summed E-state index contributed by atoms with van der Waals surface area (Å²) in [7, 11) is 0. The number of thiazole rings is 1. The number of carbonyl (C=O) groups excluding carboxylic acids is 1. The van der Waals surface area contributed by atoms with E-state index < -0.39 is 11.8 Å². The summed E-state index contributed by atoms with van der Waals surface area (Å²) < 4.78 is 20.5. The lowest BCUT2D eigenvalue weighted by atomic mass is 10.1. The zero-order chi connectivity index (χ0) is 21.7. The van der Waals surface area contributed by atoms with E-state index in [1.54, 1.807) is 37.3 Å². The first-order chi connectivity index (χ1) is 14.4. The van der Waals surface area contributed by atoms with Crippen LogP contribution in [0.5, 0.6) is 0 Å². The van der Waals surface area contributed by atoms with E-state index in [0.717, 1.165) is 16.9 Å². The van der Waals surface area contributed by atoms with Gasteiger partial charge in [0.2, 0.25) is 0 Å². The minimum atomic E-state index is -0.567. The van der Waals surface area contributed by atoms with Gasteiger partial charge in [-0.05, 0) is 48.4 Å². The number of ether oxygens (including phenoxy) is 1. The number of rotatable bonds is 5. The largest absolute Gasteiger partial charge is 0.463 e. The van der Waals surface area contributed by atoms with Crippen molar-refractivity contribution < 1.29 is 13.9 Å². The molecule has 0 fully saturated rings. The van der Waals surface area contributed by atoms with Gasteiger partial charge in [0.25, 0.3) is 5.56 Å². The summed E-state index contributed by atoms with van der Waals surface area (Å²) in [5.41, 5.74) is 1.47. The Labute approximate surface area is 180 Å². The molecule has 0 amide bonds. The van der Waals surface area contributed by atoms with Crippen LogP contribution in [0.2, 0.25) is 5.02 Å². The zero-order valence-electron chi connectivity index (χ0n) is 15.9. The van der Waals surface area contributed by atoms with E-state index in [9.17, 15) is 14.0 Å². The van der Waals surface area contributed by atoms with Gasteiger partial charge in [-0.1, -0.05) is 29.8 Å². The molecule has 8 heteroatoms. The lowest BCUT2D eigenvalue weighted by molar-refractivity contribution is -0.135. The van der Waals surface area contributed by atoms with E-state index in [2.05, 4.69) is 0 Å². The first-order valence-corrected chi connectivity index (χ1v) is 10.1. The van der Waals surface area contributed by atoms with Crippen LogP contribution >= 0.6 is 22.9 Å². The molecule has 0 aliphatic heterocycles. The summed E-state index contributed by atoms with van der Waals surface area (Å²) in [5, 5.41) is 9.10. The lowest BCUT2D eigenvalue weighted by Crippen LogP contribution is -2.32. The molecule has 0 saturated carbocycles. The second-order valence-corrected chi connectivity index (χ2v) is 7.68. The van der Waals surface area contributed by atoms with E-state index in [1.165, 1.54) is 28.8 Å². The number of nitrogens with zero attached hydrogens (tertiary/aromatic N) is 2. The topological polar surface area (TPSA) is 72.1 Å². The van der Waals surface area contributed by atoms with Crippen LogP contribution in [-0.2, 0) is 16.1 Å². The molecule has 1 heterocycles. The maximum absolute atomic E-state index is 13.4. The van der Waals surface area contributed by atoms with Crippen molar-refractivity contribution in [3.8, 4) is 6.07 Å². The van der Waals surface area contributed by atoms with Crippen molar-refractivity contribution >= 4 is 41.1 Å². The fourth-order valence-corrected chi connectivity index (χ4v) is 3.96. The summed E-state index contributed by atoms with van der Waals surface area (Å²) in [5.74, 6) is -1.04. The number of hydrogen-bond acceptors (Lipinski definition) is 5. The molecule has 0 spiro atoms. The quantitative estimate of drug-likeness (QED) is 0.570. The number of esters is 1. The zero-order valence-corrected chi connectivity index (χ0v) is 17.5. The maximum atomic E-state index is 13.4. The van der Waals surface area contributed by atoms with Crippen molar-refractivity contribution in [1.29, 1.82) is 5.26 Å². The maximum Gasteiger partial charge on any atom is 0.333 e. The van der Waals surface area contributed by atoms with Crippen molar-refractivity contribution in [1.82, 2.24) is 4.57 Å².